The van der Waals surface area contributed by atoms with Crippen LogP contribution in [0, 0.1) is 17.0 Å². The molecule has 0 radical (unpaired) electrons. The smallest absolute Gasteiger partial charge is 0.342 e. The molecule has 0 spiro atoms. The second kappa shape index (κ2) is 6.04. The molecule has 0 aliphatic rings. The number of carboxylic acids is 1. The van der Waals surface area contributed by atoms with E-state index in [0.29, 0.717) is 0 Å². The molecule has 0 atom stereocenters. The number of nitro benzene ring substituents is 1. The van der Waals surface area contributed by atoms with Gasteiger partial charge < -0.3 is 9.84 Å². The van der Waals surface area contributed by atoms with E-state index in [1.807, 2.05) is 31.2 Å². The maximum atomic E-state index is 11.0. The Morgan fingerprint density at radius 1 is 1.29 bits per heavy atom. The summed E-state index contributed by atoms with van der Waals surface area (Å²) in [4.78, 5) is 21.1. The van der Waals surface area contributed by atoms with Gasteiger partial charge in [-0.2, -0.15) is 0 Å². The van der Waals surface area contributed by atoms with E-state index in [1.165, 1.54) is 12.1 Å². The summed E-state index contributed by atoms with van der Waals surface area (Å²) >= 11 is 0. The summed E-state index contributed by atoms with van der Waals surface area (Å²) in [7, 11) is 0. The van der Waals surface area contributed by atoms with Crippen LogP contribution in [0.4, 0.5) is 5.69 Å². The fourth-order valence-electron chi connectivity index (χ4n) is 1.87. The number of carboxylic acid groups (broad SMARTS) is 1. The molecule has 21 heavy (non-hydrogen) atoms. The zero-order valence-electron chi connectivity index (χ0n) is 11.3. The largest absolute Gasteiger partial charge is 0.489 e. The van der Waals surface area contributed by atoms with Crippen LogP contribution in [-0.4, -0.2) is 16.0 Å². The minimum Gasteiger partial charge on any atom is -0.489 e. The van der Waals surface area contributed by atoms with Crippen LogP contribution in [0.2, 0.25) is 0 Å². The normalized spacial score (nSPS) is 10.1. The summed E-state index contributed by atoms with van der Waals surface area (Å²) < 4.78 is 5.51. The molecular formula is C15H13NO5. The number of rotatable bonds is 5. The predicted molar refractivity (Wildman–Crippen MR) is 75.6 cm³/mol. The standard InChI is InChI=1S/C15H13NO5/c1-10-4-2-3-5-11(10)9-21-12-6-7-14(16(19)20)13(8-12)15(17)18/h2-8H,9H2,1H3,(H,17,18). The number of ether oxygens (including phenoxy) is 1. The van der Waals surface area contributed by atoms with E-state index in [9.17, 15) is 14.9 Å². The van der Waals surface area contributed by atoms with Gasteiger partial charge in [0.2, 0.25) is 0 Å². The minimum absolute atomic E-state index is 0.267. The molecule has 6 nitrogen and oxygen atoms in total. The van der Waals surface area contributed by atoms with Gasteiger partial charge in [-0.1, -0.05) is 24.3 Å². The van der Waals surface area contributed by atoms with Crippen LogP contribution < -0.4 is 4.74 Å². The Balaban J connectivity index is 2.22. The van der Waals surface area contributed by atoms with Crippen molar-refractivity contribution in [1.82, 2.24) is 0 Å². The first-order valence-electron chi connectivity index (χ1n) is 6.18. The van der Waals surface area contributed by atoms with Gasteiger partial charge >= 0.3 is 5.97 Å². The molecule has 0 saturated heterocycles. The van der Waals surface area contributed by atoms with E-state index in [2.05, 4.69) is 0 Å². The zero-order valence-corrected chi connectivity index (χ0v) is 11.3. The van der Waals surface area contributed by atoms with Crippen molar-refractivity contribution in [3.05, 3.63) is 69.3 Å². The van der Waals surface area contributed by atoms with Gasteiger partial charge in [-0.05, 0) is 24.1 Å². The van der Waals surface area contributed by atoms with Crippen LogP contribution in [0.3, 0.4) is 0 Å². The van der Waals surface area contributed by atoms with Crippen molar-refractivity contribution in [2.24, 2.45) is 0 Å². The molecule has 0 bridgehead atoms. The summed E-state index contributed by atoms with van der Waals surface area (Å²) in [5.41, 5.74) is 1.18. The highest BCUT2D eigenvalue weighted by Gasteiger charge is 2.20. The van der Waals surface area contributed by atoms with Gasteiger partial charge in [0, 0.05) is 12.1 Å². The van der Waals surface area contributed by atoms with Gasteiger partial charge in [0.15, 0.2) is 0 Å². The molecule has 0 aliphatic carbocycles. The Labute approximate surface area is 120 Å². The summed E-state index contributed by atoms with van der Waals surface area (Å²) in [6, 6.07) is 11.3. The Bertz CT molecular complexity index is 696. The fraction of sp³-hybridized carbons (Fsp3) is 0.133. The monoisotopic (exact) mass is 287 g/mol. The maximum Gasteiger partial charge on any atom is 0.342 e. The Hall–Kier alpha value is -2.89. The van der Waals surface area contributed by atoms with E-state index in [0.717, 1.165) is 17.2 Å². The summed E-state index contributed by atoms with van der Waals surface area (Å²) in [6.07, 6.45) is 0. The van der Waals surface area contributed by atoms with Crippen molar-refractivity contribution >= 4 is 11.7 Å². The molecule has 6 heteroatoms. The van der Waals surface area contributed by atoms with Gasteiger partial charge in [0.25, 0.3) is 5.69 Å². The molecule has 0 saturated carbocycles. The van der Waals surface area contributed by atoms with E-state index >= 15 is 0 Å². The Morgan fingerprint density at radius 2 is 2.00 bits per heavy atom. The number of nitrogens with zero attached hydrogens (tertiary/aromatic N) is 1. The first-order chi connectivity index (χ1) is 9.99. The van der Waals surface area contributed by atoms with Crippen molar-refractivity contribution in [2.45, 2.75) is 13.5 Å². The number of carbonyl (C=O) groups is 1. The molecule has 2 aromatic carbocycles. The average Bonchev–Trinajstić information content (AvgIpc) is 2.46. The molecule has 0 aromatic heterocycles. The fourth-order valence-corrected chi connectivity index (χ4v) is 1.87. The molecule has 2 rings (SSSR count). The SMILES string of the molecule is Cc1ccccc1COc1ccc([N+](=O)[O-])c(C(=O)O)c1. The van der Waals surface area contributed by atoms with E-state index in [-0.39, 0.29) is 17.9 Å². The third-order valence-corrected chi connectivity index (χ3v) is 3.05. The van der Waals surface area contributed by atoms with Gasteiger partial charge in [0.05, 0.1) is 4.92 Å². The molecule has 1 N–H and O–H groups in total. The topological polar surface area (TPSA) is 89.7 Å². The molecule has 108 valence electrons. The summed E-state index contributed by atoms with van der Waals surface area (Å²) in [5, 5.41) is 19.8. The first-order valence-corrected chi connectivity index (χ1v) is 6.18. The molecule has 0 heterocycles. The van der Waals surface area contributed by atoms with E-state index in [4.69, 9.17) is 9.84 Å². The number of aromatic carboxylic acids is 1. The summed E-state index contributed by atoms with van der Waals surface area (Å²) in [5.74, 6) is -1.08. The van der Waals surface area contributed by atoms with Crippen LogP contribution in [0.1, 0.15) is 21.5 Å². The minimum atomic E-state index is -1.36. The van der Waals surface area contributed by atoms with Crippen LogP contribution in [0.5, 0.6) is 5.75 Å². The molecule has 0 aliphatic heterocycles. The lowest BCUT2D eigenvalue weighted by Crippen LogP contribution is -2.04. The van der Waals surface area contributed by atoms with E-state index in [1.54, 1.807) is 0 Å². The highest BCUT2D eigenvalue weighted by molar-refractivity contribution is 5.92. The number of nitro groups is 1. The molecule has 0 fully saturated rings. The quantitative estimate of drug-likeness (QED) is 0.673. The van der Waals surface area contributed by atoms with Crippen molar-refractivity contribution in [2.75, 3.05) is 0 Å². The average molecular weight is 287 g/mol. The third-order valence-electron chi connectivity index (χ3n) is 3.05. The lowest BCUT2D eigenvalue weighted by atomic mass is 10.1. The van der Waals surface area contributed by atoms with Gasteiger partial charge in [-0.15, -0.1) is 0 Å². The first kappa shape index (κ1) is 14.5. The Kier molecular flexibility index (Phi) is 4.18. The van der Waals surface area contributed by atoms with Gasteiger partial charge in [0.1, 0.15) is 17.9 Å². The Morgan fingerprint density at radius 3 is 2.62 bits per heavy atom. The lowest BCUT2D eigenvalue weighted by Gasteiger charge is -2.09. The second-order valence-electron chi connectivity index (χ2n) is 4.46. The van der Waals surface area contributed by atoms with Crippen LogP contribution in [0.15, 0.2) is 42.5 Å². The second-order valence-corrected chi connectivity index (χ2v) is 4.46. The van der Waals surface area contributed by atoms with Crippen molar-refractivity contribution in [3.63, 3.8) is 0 Å². The third kappa shape index (κ3) is 3.36. The molecular weight excluding hydrogens is 274 g/mol. The molecule has 2 aromatic rings. The number of aryl methyl sites for hydroxylation is 1. The number of hydrogen-bond donors (Lipinski definition) is 1. The maximum absolute atomic E-state index is 11.0. The van der Waals surface area contributed by atoms with Crippen LogP contribution in [0.25, 0.3) is 0 Å². The van der Waals surface area contributed by atoms with Crippen molar-refractivity contribution < 1.29 is 19.6 Å². The van der Waals surface area contributed by atoms with Gasteiger partial charge in [-0.25, -0.2) is 4.79 Å². The van der Waals surface area contributed by atoms with Crippen molar-refractivity contribution in [1.29, 1.82) is 0 Å². The molecule has 0 amide bonds. The number of benzene rings is 2. The predicted octanol–water partition coefficient (Wildman–Crippen LogP) is 3.18. The van der Waals surface area contributed by atoms with Crippen LogP contribution in [-0.2, 0) is 6.61 Å². The van der Waals surface area contributed by atoms with E-state index < -0.39 is 16.6 Å². The van der Waals surface area contributed by atoms with Crippen molar-refractivity contribution in [3.8, 4) is 5.75 Å². The summed E-state index contributed by atoms with van der Waals surface area (Å²) in [6.45, 7) is 2.21. The molecule has 0 unspecified atom stereocenters. The zero-order chi connectivity index (χ0) is 15.4. The van der Waals surface area contributed by atoms with Crippen LogP contribution >= 0.6 is 0 Å². The highest BCUT2D eigenvalue weighted by Crippen LogP contribution is 2.25. The van der Waals surface area contributed by atoms with Gasteiger partial charge in [-0.3, -0.25) is 10.1 Å². The number of hydrogen-bond acceptors (Lipinski definition) is 4. The lowest BCUT2D eigenvalue weighted by molar-refractivity contribution is -0.385. The highest BCUT2D eigenvalue weighted by atomic mass is 16.6.